The summed E-state index contributed by atoms with van der Waals surface area (Å²) in [5.41, 5.74) is 7.26. The van der Waals surface area contributed by atoms with Gasteiger partial charge in [-0.3, -0.25) is 0 Å². The average Bonchev–Trinajstić information content (AvgIpc) is 2.33. The van der Waals surface area contributed by atoms with Crippen molar-refractivity contribution in [2.24, 2.45) is 0 Å². The summed E-state index contributed by atoms with van der Waals surface area (Å²) >= 11 is 0. The highest BCUT2D eigenvalue weighted by atomic mass is 16.5. The van der Waals surface area contributed by atoms with Crippen molar-refractivity contribution in [3.05, 3.63) is 36.7 Å². The Morgan fingerprint density at radius 2 is 2.00 bits per heavy atom. The van der Waals surface area contributed by atoms with Gasteiger partial charge in [0, 0.05) is 17.4 Å². The molecule has 0 unspecified atom stereocenters. The molecule has 0 aliphatic heterocycles. The fourth-order valence-electron chi connectivity index (χ4n) is 1.35. The lowest BCUT2D eigenvalue weighted by Crippen LogP contribution is -1.98. The van der Waals surface area contributed by atoms with Crippen molar-refractivity contribution in [3.63, 3.8) is 0 Å². The van der Waals surface area contributed by atoms with Crippen LogP contribution in [-0.4, -0.2) is 16.6 Å². The predicted octanol–water partition coefficient (Wildman–Crippen LogP) is 2.20. The Hall–Kier alpha value is -2.30. The molecule has 0 radical (unpaired) electrons. The molecule has 3 N–H and O–H groups in total. The standard InChI is InChI=1S/C12H14N4O/c1-2-17-12-7-11(14-8-15-12)16-10-5-3-9(13)4-6-10/h3-8H,2,13H2,1H3,(H,14,15,16). The summed E-state index contributed by atoms with van der Waals surface area (Å²) < 4.78 is 5.29. The fourth-order valence-corrected chi connectivity index (χ4v) is 1.35. The lowest BCUT2D eigenvalue weighted by atomic mass is 10.3. The highest BCUT2D eigenvalue weighted by Gasteiger charge is 1.99. The van der Waals surface area contributed by atoms with Crippen molar-refractivity contribution < 1.29 is 4.74 Å². The Balaban J connectivity index is 2.12. The third kappa shape index (κ3) is 3.07. The number of hydrogen-bond donors (Lipinski definition) is 2. The Labute approximate surface area is 99.7 Å². The van der Waals surface area contributed by atoms with Crippen LogP contribution in [0.1, 0.15) is 6.92 Å². The van der Waals surface area contributed by atoms with E-state index in [9.17, 15) is 0 Å². The van der Waals surface area contributed by atoms with Gasteiger partial charge in [0.2, 0.25) is 5.88 Å². The Kier molecular flexibility index (Phi) is 3.40. The minimum absolute atomic E-state index is 0.556. The molecular weight excluding hydrogens is 216 g/mol. The van der Waals surface area contributed by atoms with E-state index in [1.807, 2.05) is 31.2 Å². The average molecular weight is 230 g/mol. The van der Waals surface area contributed by atoms with E-state index in [-0.39, 0.29) is 0 Å². The van der Waals surface area contributed by atoms with E-state index in [2.05, 4.69) is 15.3 Å². The third-order valence-corrected chi connectivity index (χ3v) is 2.12. The first-order valence-electron chi connectivity index (χ1n) is 5.35. The molecule has 0 aliphatic carbocycles. The highest BCUT2D eigenvalue weighted by Crippen LogP contribution is 2.18. The first-order chi connectivity index (χ1) is 8.28. The number of nitrogens with zero attached hydrogens (tertiary/aromatic N) is 2. The van der Waals surface area contributed by atoms with Gasteiger partial charge in [-0.2, -0.15) is 0 Å². The predicted molar refractivity (Wildman–Crippen MR) is 67.3 cm³/mol. The Morgan fingerprint density at radius 1 is 1.24 bits per heavy atom. The zero-order chi connectivity index (χ0) is 12.1. The molecule has 2 aromatic rings. The minimum atomic E-state index is 0.556. The zero-order valence-corrected chi connectivity index (χ0v) is 9.55. The fraction of sp³-hybridized carbons (Fsp3) is 0.167. The largest absolute Gasteiger partial charge is 0.478 e. The van der Waals surface area contributed by atoms with E-state index in [4.69, 9.17) is 10.5 Å². The third-order valence-electron chi connectivity index (χ3n) is 2.12. The van der Waals surface area contributed by atoms with E-state index in [0.717, 1.165) is 11.4 Å². The van der Waals surface area contributed by atoms with Crippen LogP contribution in [0.25, 0.3) is 0 Å². The number of anilines is 3. The van der Waals surface area contributed by atoms with Gasteiger partial charge in [0.1, 0.15) is 12.1 Å². The van der Waals surface area contributed by atoms with Crippen molar-refractivity contribution >= 4 is 17.2 Å². The van der Waals surface area contributed by atoms with Gasteiger partial charge in [-0.05, 0) is 31.2 Å². The molecule has 0 aliphatic rings. The molecule has 5 heteroatoms. The molecule has 0 fully saturated rings. The van der Waals surface area contributed by atoms with Crippen LogP contribution in [0.5, 0.6) is 5.88 Å². The molecule has 0 saturated heterocycles. The quantitative estimate of drug-likeness (QED) is 0.788. The molecule has 0 saturated carbocycles. The number of hydrogen-bond acceptors (Lipinski definition) is 5. The van der Waals surface area contributed by atoms with Gasteiger partial charge in [-0.15, -0.1) is 0 Å². The minimum Gasteiger partial charge on any atom is -0.478 e. The van der Waals surface area contributed by atoms with Crippen molar-refractivity contribution in [1.82, 2.24) is 9.97 Å². The lowest BCUT2D eigenvalue weighted by Gasteiger charge is -2.07. The first kappa shape index (κ1) is 11.2. The van der Waals surface area contributed by atoms with Crippen LogP contribution < -0.4 is 15.8 Å². The molecule has 0 atom stereocenters. The number of benzene rings is 1. The number of rotatable bonds is 4. The Bertz CT molecular complexity index is 484. The van der Waals surface area contributed by atoms with Crippen LogP contribution in [0.2, 0.25) is 0 Å². The number of ether oxygens (including phenoxy) is 1. The van der Waals surface area contributed by atoms with Crippen LogP contribution in [0, 0.1) is 0 Å². The molecule has 1 aromatic heterocycles. The number of aromatic nitrogens is 2. The van der Waals surface area contributed by atoms with Crippen molar-refractivity contribution in [3.8, 4) is 5.88 Å². The second-order valence-corrected chi connectivity index (χ2v) is 3.42. The first-order valence-corrected chi connectivity index (χ1v) is 5.35. The summed E-state index contributed by atoms with van der Waals surface area (Å²) in [6.45, 7) is 2.49. The second-order valence-electron chi connectivity index (χ2n) is 3.42. The topological polar surface area (TPSA) is 73.1 Å². The van der Waals surface area contributed by atoms with Gasteiger partial charge < -0.3 is 15.8 Å². The van der Waals surface area contributed by atoms with E-state index in [1.54, 1.807) is 6.07 Å². The molecule has 88 valence electrons. The van der Waals surface area contributed by atoms with Crippen LogP contribution in [0.15, 0.2) is 36.7 Å². The number of nitrogens with two attached hydrogens (primary N) is 1. The van der Waals surface area contributed by atoms with Crippen molar-refractivity contribution in [1.29, 1.82) is 0 Å². The van der Waals surface area contributed by atoms with Gasteiger partial charge in [-0.1, -0.05) is 0 Å². The van der Waals surface area contributed by atoms with Crippen molar-refractivity contribution in [2.75, 3.05) is 17.7 Å². The molecule has 2 rings (SSSR count). The van der Waals surface area contributed by atoms with Crippen LogP contribution >= 0.6 is 0 Å². The van der Waals surface area contributed by atoms with Crippen molar-refractivity contribution in [2.45, 2.75) is 6.92 Å². The maximum Gasteiger partial charge on any atom is 0.218 e. The van der Waals surface area contributed by atoms with Crippen LogP contribution in [0.3, 0.4) is 0 Å². The molecule has 1 heterocycles. The van der Waals surface area contributed by atoms with E-state index in [1.165, 1.54) is 6.33 Å². The lowest BCUT2D eigenvalue weighted by molar-refractivity contribution is 0.326. The normalized spacial score (nSPS) is 9.94. The van der Waals surface area contributed by atoms with E-state index in [0.29, 0.717) is 18.3 Å². The molecular formula is C12H14N4O. The maximum absolute atomic E-state index is 5.61. The van der Waals surface area contributed by atoms with Crippen LogP contribution in [-0.2, 0) is 0 Å². The highest BCUT2D eigenvalue weighted by molar-refractivity contribution is 5.59. The molecule has 0 bridgehead atoms. The summed E-state index contributed by atoms with van der Waals surface area (Å²) in [6, 6.07) is 9.18. The van der Waals surface area contributed by atoms with E-state index >= 15 is 0 Å². The summed E-state index contributed by atoms with van der Waals surface area (Å²) in [7, 11) is 0. The zero-order valence-electron chi connectivity index (χ0n) is 9.55. The second kappa shape index (κ2) is 5.16. The summed E-state index contributed by atoms with van der Waals surface area (Å²) in [4.78, 5) is 8.10. The SMILES string of the molecule is CCOc1cc(Nc2ccc(N)cc2)ncn1. The van der Waals surface area contributed by atoms with E-state index < -0.39 is 0 Å². The molecule has 1 aromatic carbocycles. The van der Waals surface area contributed by atoms with Gasteiger partial charge in [0.25, 0.3) is 0 Å². The Morgan fingerprint density at radius 3 is 2.71 bits per heavy atom. The molecule has 5 nitrogen and oxygen atoms in total. The number of nitrogens with one attached hydrogen (secondary N) is 1. The monoisotopic (exact) mass is 230 g/mol. The van der Waals surface area contributed by atoms with Crippen LogP contribution in [0.4, 0.5) is 17.2 Å². The summed E-state index contributed by atoms with van der Waals surface area (Å²) in [5, 5.41) is 3.14. The smallest absolute Gasteiger partial charge is 0.218 e. The molecule has 0 amide bonds. The van der Waals surface area contributed by atoms with Gasteiger partial charge in [0.15, 0.2) is 0 Å². The van der Waals surface area contributed by atoms with Gasteiger partial charge >= 0.3 is 0 Å². The maximum atomic E-state index is 5.61. The van der Waals surface area contributed by atoms with Gasteiger partial charge in [-0.25, -0.2) is 9.97 Å². The number of nitrogen functional groups attached to an aromatic ring is 1. The summed E-state index contributed by atoms with van der Waals surface area (Å²) in [5.74, 6) is 1.24. The summed E-state index contributed by atoms with van der Waals surface area (Å²) in [6.07, 6.45) is 1.46. The molecule has 17 heavy (non-hydrogen) atoms. The molecule has 0 spiro atoms. The van der Waals surface area contributed by atoms with Gasteiger partial charge in [0.05, 0.1) is 6.61 Å².